The maximum absolute atomic E-state index is 13.2. The summed E-state index contributed by atoms with van der Waals surface area (Å²) in [5.74, 6) is -0.0469. The summed E-state index contributed by atoms with van der Waals surface area (Å²) in [6.07, 6.45) is 1.08. The third-order valence-corrected chi connectivity index (χ3v) is 5.13. The van der Waals surface area contributed by atoms with Crippen LogP contribution in [0.4, 0.5) is 4.79 Å². The van der Waals surface area contributed by atoms with Crippen LogP contribution in [0.1, 0.15) is 59.4 Å². The van der Waals surface area contributed by atoms with Crippen LogP contribution in [0.3, 0.4) is 0 Å². The molecular formula is C17H26N4O5. The van der Waals surface area contributed by atoms with Gasteiger partial charge in [0.05, 0.1) is 12.1 Å². The van der Waals surface area contributed by atoms with Crippen molar-refractivity contribution in [2.24, 2.45) is 0 Å². The molecule has 3 rings (SSSR count). The number of rotatable bonds is 3. The molecular weight excluding hydrogens is 340 g/mol. The van der Waals surface area contributed by atoms with Gasteiger partial charge < -0.3 is 19.2 Å². The predicted molar refractivity (Wildman–Crippen MR) is 89.9 cm³/mol. The maximum Gasteiger partial charge on any atom is 0.411 e. The summed E-state index contributed by atoms with van der Waals surface area (Å²) >= 11 is 0. The van der Waals surface area contributed by atoms with E-state index in [2.05, 4.69) is 10.2 Å². The molecule has 9 nitrogen and oxygen atoms in total. The predicted octanol–water partition coefficient (Wildman–Crippen LogP) is 1.49. The first-order valence-electron chi connectivity index (χ1n) is 8.87. The van der Waals surface area contributed by atoms with E-state index in [1.807, 2.05) is 6.92 Å². The zero-order valence-electron chi connectivity index (χ0n) is 15.8. The van der Waals surface area contributed by atoms with Crippen LogP contribution in [-0.4, -0.2) is 66.9 Å². The number of carbonyl (C=O) groups is 2. The molecule has 2 amide bonds. The third-order valence-electron chi connectivity index (χ3n) is 5.13. The van der Waals surface area contributed by atoms with Gasteiger partial charge in [0.2, 0.25) is 12.3 Å². The minimum absolute atomic E-state index is 0.178. The third kappa shape index (κ3) is 2.74. The Morgan fingerprint density at radius 2 is 2.19 bits per heavy atom. The van der Waals surface area contributed by atoms with E-state index in [9.17, 15) is 14.7 Å². The highest BCUT2D eigenvalue weighted by atomic mass is 16.6. The Kier molecular flexibility index (Phi) is 4.46. The Balaban J connectivity index is 1.86. The standard InChI is InChI=1S/C17H26N4O5/c1-10(22)12(13-19-18-9-25-13)21-11(2)17(14(21)23)7-6-8-20(17)15(24)26-16(3,4)5/h9-12,22H,6-8H2,1-5H3/t10-,11?,12+,17?/m0/s1. The number of likely N-dealkylation sites (tertiary alicyclic amines) is 2. The van der Waals surface area contributed by atoms with E-state index < -0.39 is 29.4 Å². The van der Waals surface area contributed by atoms with Crippen LogP contribution in [-0.2, 0) is 9.53 Å². The molecule has 1 aromatic rings. The number of amides is 2. The average Bonchev–Trinajstić information content (AvgIpc) is 3.20. The van der Waals surface area contributed by atoms with Gasteiger partial charge in [0, 0.05) is 6.54 Å². The van der Waals surface area contributed by atoms with Gasteiger partial charge in [0.25, 0.3) is 5.91 Å². The number of carbonyl (C=O) groups excluding carboxylic acids is 2. The second kappa shape index (κ2) is 6.22. The molecule has 4 atom stereocenters. The molecule has 144 valence electrons. The molecule has 0 saturated carbocycles. The Labute approximate surface area is 152 Å². The van der Waals surface area contributed by atoms with Crippen molar-refractivity contribution in [1.82, 2.24) is 20.0 Å². The normalized spacial score (nSPS) is 28.2. The monoisotopic (exact) mass is 366 g/mol. The van der Waals surface area contributed by atoms with Crippen molar-refractivity contribution in [2.75, 3.05) is 6.54 Å². The summed E-state index contributed by atoms with van der Waals surface area (Å²) < 4.78 is 10.7. The molecule has 2 unspecified atom stereocenters. The number of aliphatic hydroxyl groups excluding tert-OH is 1. The van der Waals surface area contributed by atoms with Crippen LogP contribution < -0.4 is 0 Å². The second-order valence-corrected chi connectivity index (χ2v) is 8.01. The van der Waals surface area contributed by atoms with Crippen LogP contribution in [0.15, 0.2) is 10.8 Å². The van der Waals surface area contributed by atoms with Crippen molar-refractivity contribution in [2.45, 2.75) is 76.8 Å². The number of aromatic nitrogens is 2. The van der Waals surface area contributed by atoms with Crippen LogP contribution >= 0.6 is 0 Å². The summed E-state index contributed by atoms with van der Waals surface area (Å²) in [7, 11) is 0. The SMILES string of the molecule is CC1N([C@@H](c2nnco2)[C@H](C)O)C(=O)C12CCCN2C(=O)OC(C)(C)C. The molecule has 0 bridgehead atoms. The molecule has 1 aromatic heterocycles. The van der Waals surface area contributed by atoms with Gasteiger partial charge in [-0.15, -0.1) is 10.2 Å². The fourth-order valence-corrected chi connectivity index (χ4v) is 4.05. The van der Waals surface area contributed by atoms with Crippen molar-refractivity contribution in [3.63, 3.8) is 0 Å². The zero-order chi connectivity index (χ0) is 19.3. The quantitative estimate of drug-likeness (QED) is 0.807. The van der Waals surface area contributed by atoms with Crippen molar-refractivity contribution < 1.29 is 23.8 Å². The summed E-state index contributed by atoms with van der Waals surface area (Å²) in [5.41, 5.74) is -1.57. The molecule has 2 fully saturated rings. The second-order valence-electron chi connectivity index (χ2n) is 8.01. The van der Waals surface area contributed by atoms with Gasteiger partial charge in [0.15, 0.2) is 0 Å². The molecule has 0 radical (unpaired) electrons. The van der Waals surface area contributed by atoms with Gasteiger partial charge in [0.1, 0.15) is 17.2 Å². The number of hydrogen-bond acceptors (Lipinski definition) is 7. The molecule has 26 heavy (non-hydrogen) atoms. The van der Waals surface area contributed by atoms with E-state index in [4.69, 9.17) is 9.15 Å². The zero-order valence-corrected chi connectivity index (χ0v) is 15.8. The molecule has 2 saturated heterocycles. The number of nitrogens with zero attached hydrogens (tertiary/aromatic N) is 4. The van der Waals surface area contributed by atoms with Gasteiger partial charge in [-0.2, -0.15) is 0 Å². The lowest BCUT2D eigenvalue weighted by Gasteiger charge is -2.58. The van der Waals surface area contributed by atoms with Crippen LogP contribution in [0.25, 0.3) is 0 Å². The first kappa shape index (κ1) is 18.6. The lowest BCUT2D eigenvalue weighted by Crippen LogP contribution is -2.79. The minimum atomic E-state index is -0.935. The number of hydrogen-bond donors (Lipinski definition) is 1. The number of aliphatic hydroxyl groups is 1. The van der Waals surface area contributed by atoms with Gasteiger partial charge in [-0.05, 0) is 47.5 Å². The fraction of sp³-hybridized carbons (Fsp3) is 0.765. The van der Waals surface area contributed by atoms with E-state index in [-0.39, 0.29) is 17.8 Å². The number of ether oxygens (including phenoxy) is 1. The molecule has 1 N–H and O–H groups in total. The van der Waals surface area contributed by atoms with Gasteiger partial charge in [-0.1, -0.05) is 0 Å². The maximum atomic E-state index is 13.2. The van der Waals surface area contributed by atoms with Gasteiger partial charge in [-0.25, -0.2) is 4.79 Å². The molecule has 9 heteroatoms. The molecule has 3 heterocycles. The Morgan fingerprint density at radius 1 is 1.50 bits per heavy atom. The van der Waals surface area contributed by atoms with Crippen molar-refractivity contribution in [3.05, 3.63) is 12.3 Å². The van der Waals surface area contributed by atoms with Gasteiger partial charge in [-0.3, -0.25) is 9.69 Å². The van der Waals surface area contributed by atoms with E-state index in [0.29, 0.717) is 13.0 Å². The highest BCUT2D eigenvalue weighted by Crippen LogP contribution is 2.48. The highest BCUT2D eigenvalue weighted by molar-refractivity contribution is 5.97. The molecule has 1 spiro atoms. The van der Waals surface area contributed by atoms with Gasteiger partial charge >= 0.3 is 6.09 Å². The lowest BCUT2D eigenvalue weighted by molar-refractivity contribution is -0.182. The van der Waals surface area contributed by atoms with Crippen LogP contribution in [0.5, 0.6) is 0 Å². The average molecular weight is 366 g/mol. The summed E-state index contributed by atoms with van der Waals surface area (Å²) in [6.45, 7) is 9.30. The minimum Gasteiger partial charge on any atom is -0.444 e. The van der Waals surface area contributed by atoms with E-state index in [0.717, 1.165) is 12.8 Å². The largest absolute Gasteiger partial charge is 0.444 e. The fourth-order valence-electron chi connectivity index (χ4n) is 4.05. The van der Waals surface area contributed by atoms with Crippen molar-refractivity contribution >= 4 is 12.0 Å². The summed E-state index contributed by atoms with van der Waals surface area (Å²) in [6, 6.07) is -1.05. The molecule has 0 aromatic carbocycles. The van der Waals surface area contributed by atoms with Crippen LogP contribution in [0.2, 0.25) is 0 Å². The van der Waals surface area contributed by atoms with E-state index in [1.165, 1.54) is 9.80 Å². The summed E-state index contributed by atoms with van der Waals surface area (Å²) in [5, 5.41) is 17.7. The molecule has 2 aliphatic rings. The highest BCUT2D eigenvalue weighted by Gasteiger charge is 2.67. The summed E-state index contributed by atoms with van der Waals surface area (Å²) in [4.78, 5) is 28.9. The van der Waals surface area contributed by atoms with Crippen LogP contribution in [0, 0.1) is 0 Å². The van der Waals surface area contributed by atoms with Crippen molar-refractivity contribution in [3.8, 4) is 0 Å². The number of β-lactam (4-membered cyclic amide) rings is 1. The van der Waals surface area contributed by atoms with E-state index >= 15 is 0 Å². The smallest absolute Gasteiger partial charge is 0.411 e. The van der Waals surface area contributed by atoms with Crippen molar-refractivity contribution in [1.29, 1.82) is 0 Å². The van der Waals surface area contributed by atoms with E-state index in [1.54, 1.807) is 27.7 Å². The Bertz CT molecular complexity index is 684. The molecule has 2 aliphatic heterocycles. The topological polar surface area (TPSA) is 109 Å². The molecule has 0 aliphatic carbocycles. The first-order valence-corrected chi connectivity index (χ1v) is 8.87. The Hall–Kier alpha value is -2.16. The Morgan fingerprint density at radius 3 is 2.69 bits per heavy atom. The first-order chi connectivity index (χ1) is 12.1. The lowest BCUT2D eigenvalue weighted by atomic mass is 9.75.